The molecule has 41 heavy (non-hydrogen) atoms. The van der Waals surface area contributed by atoms with Crippen LogP contribution in [-0.2, 0) is 0 Å². The third-order valence-corrected chi connectivity index (χ3v) is 10.0. The summed E-state index contributed by atoms with van der Waals surface area (Å²) in [5.74, 6) is 0.798. The van der Waals surface area contributed by atoms with Crippen LogP contribution in [0.1, 0.15) is 120 Å². The molecule has 0 aliphatic rings. The smallest absolute Gasteiger partial charge is 0.00947 e. The predicted octanol–water partition coefficient (Wildman–Crippen LogP) is 11.5. The van der Waals surface area contributed by atoms with Gasteiger partial charge in [0.15, 0.2) is 0 Å². The van der Waals surface area contributed by atoms with Crippen LogP contribution >= 0.6 is 0 Å². The molecule has 0 aliphatic heterocycles. The molecular formula is C41H52. The van der Waals surface area contributed by atoms with Crippen LogP contribution in [0.15, 0.2) is 48.5 Å². The summed E-state index contributed by atoms with van der Waals surface area (Å²) in [7, 11) is 0. The lowest BCUT2D eigenvalue weighted by atomic mass is 9.77. The van der Waals surface area contributed by atoms with E-state index in [0.717, 1.165) is 12.8 Å². The molecule has 0 amide bonds. The van der Waals surface area contributed by atoms with E-state index in [1.807, 2.05) is 0 Å². The molecule has 0 aromatic heterocycles. The molecule has 0 N–H and O–H groups in total. The summed E-state index contributed by atoms with van der Waals surface area (Å²) in [5, 5.41) is 0. The van der Waals surface area contributed by atoms with Gasteiger partial charge in [0.05, 0.1) is 0 Å². The van der Waals surface area contributed by atoms with Crippen molar-refractivity contribution in [2.75, 3.05) is 0 Å². The maximum Gasteiger partial charge on any atom is 0.00947 e. The normalized spacial score (nSPS) is 11.7. The predicted molar refractivity (Wildman–Crippen MR) is 180 cm³/mol. The van der Waals surface area contributed by atoms with Crippen LogP contribution < -0.4 is 0 Å². The molecule has 0 saturated carbocycles. The van der Waals surface area contributed by atoms with E-state index in [0.29, 0.717) is 11.8 Å². The van der Waals surface area contributed by atoms with E-state index >= 15 is 0 Å². The minimum absolute atomic E-state index is 0.399. The lowest BCUT2D eigenvalue weighted by Crippen LogP contribution is -2.11. The van der Waals surface area contributed by atoms with E-state index in [9.17, 15) is 0 Å². The van der Waals surface area contributed by atoms with Gasteiger partial charge in [-0.15, -0.1) is 0 Å². The zero-order valence-corrected chi connectivity index (χ0v) is 27.9. The first-order valence-corrected chi connectivity index (χ1v) is 15.6. The van der Waals surface area contributed by atoms with Crippen LogP contribution in [0.3, 0.4) is 0 Å². The lowest BCUT2D eigenvalue weighted by Gasteiger charge is -2.27. The van der Waals surface area contributed by atoms with Crippen molar-refractivity contribution in [1.29, 1.82) is 0 Å². The second-order valence-electron chi connectivity index (χ2n) is 13.2. The van der Waals surface area contributed by atoms with Crippen molar-refractivity contribution in [3.05, 3.63) is 138 Å². The van der Waals surface area contributed by atoms with E-state index < -0.39 is 0 Å². The molecule has 0 aliphatic carbocycles. The fraction of sp³-hybridized carbons (Fsp3) is 0.415. The molecule has 0 saturated heterocycles. The first-order valence-electron chi connectivity index (χ1n) is 15.6. The van der Waals surface area contributed by atoms with Crippen LogP contribution in [0.5, 0.6) is 0 Å². The summed E-state index contributed by atoms with van der Waals surface area (Å²) < 4.78 is 0. The fourth-order valence-corrected chi connectivity index (χ4v) is 6.92. The van der Waals surface area contributed by atoms with Gasteiger partial charge in [-0.1, -0.05) is 55.0 Å². The molecule has 0 unspecified atom stereocenters. The molecule has 0 nitrogen and oxygen atoms in total. The lowest BCUT2D eigenvalue weighted by molar-refractivity contribution is 0.585. The molecule has 0 radical (unpaired) electrons. The maximum absolute atomic E-state index is 2.47. The Hall–Kier alpha value is -3.12. The average Bonchev–Trinajstić information content (AvgIpc) is 2.89. The number of aryl methyl sites for hydroxylation is 12. The van der Waals surface area contributed by atoms with Crippen molar-refractivity contribution in [3.63, 3.8) is 0 Å². The zero-order chi connectivity index (χ0) is 30.2. The standard InChI is InChI=1S/C41H52/c1-24-16-32(9)38(20-28(24)5)36(39-21-29(6)25(2)17-33(39)10)14-13-15-37(40-22-30(7)26(3)18-34(40)11)41-23-31(8)27(4)19-35(41)12/h16-23,36-37H,13-15H2,1-12H3. The van der Waals surface area contributed by atoms with Gasteiger partial charge in [-0.25, -0.2) is 0 Å². The molecule has 4 rings (SSSR count). The summed E-state index contributed by atoms with van der Waals surface area (Å²) in [6.07, 6.45) is 3.47. The largest absolute Gasteiger partial charge is 0.0558 e. The minimum Gasteiger partial charge on any atom is -0.0558 e. The highest BCUT2D eigenvalue weighted by atomic mass is 14.3. The van der Waals surface area contributed by atoms with Crippen molar-refractivity contribution in [1.82, 2.24) is 0 Å². The number of benzene rings is 4. The van der Waals surface area contributed by atoms with E-state index in [2.05, 4.69) is 132 Å². The van der Waals surface area contributed by atoms with Crippen molar-refractivity contribution in [3.8, 4) is 0 Å². The quantitative estimate of drug-likeness (QED) is 0.207. The molecule has 0 heteroatoms. The topological polar surface area (TPSA) is 0 Å². The summed E-state index contributed by atoms with van der Waals surface area (Å²) in [4.78, 5) is 0. The molecule has 0 fully saturated rings. The van der Waals surface area contributed by atoms with E-state index in [1.165, 1.54) is 95.4 Å². The van der Waals surface area contributed by atoms with Crippen molar-refractivity contribution in [2.45, 2.75) is 114 Å². The van der Waals surface area contributed by atoms with Crippen molar-refractivity contribution in [2.24, 2.45) is 0 Å². The van der Waals surface area contributed by atoms with Crippen LogP contribution in [0.2, 0.25) is 0 Å². The van der Waals surface area contributed by atoms with Gasteiger partial charge in [-0.2, -0.15) is 0 Å². The van der Waals surface area contributed by atoms with Crippen molar-refractivity contribution >= 4 is 0 Å². The van der Waals surface area contributed by atoms with Gasteiger partial charge >= 0.3 is 0 Å². The summed E-state index contributed by atoms with van der Waals surface area (Å²) in [6, 6.07) is 19.5. The SMILES string of the molecule is Cc1cc(C)c(C(CCCC(c2cc(C)c(C)cc2C)c2cc(C)c(C)cc2C)c2cc(C)c(C)cc2C)cc1C. The van der Waals surface area contributed by atoms with Gasteiger partial charge in [0.25, 0.3) is 0 Å². The monoisotopic (exact) mass is 544 g/mol. The Morgan fingerprint density at radius 1 is 0.293 bits per heavy atom. The molecule has 0 bridgehead atoms. The second-order valence-corrected chi connectivity index (χ2v) is 13.2. The Morgan fingerprint density at radius 3 is 0.707 bits per heavy atom. The van der Waals surface area contributed by atoms with Crippen molar-refractivity contribution < 1.29 is 0 Å². The number of hydrogen-bond donors (Lipinski definition) is 0. The zero-order valence-electron chi connectivity index (χ0n) is 27.9. The Kier molecular flexibility index (Phi) is 9.32. The van der Waals surface area contributed by atoms with E-state index in [-0.39, 0.29) is 0 Å². The molecule has 0 heterocycles. The van der Waals surface area contributed by atoms with Crippen LogP contribution in [0.25, 0.3) is 0 Å². The Bertz CT molecular complexity index is 1350. The highest BCUT2D eigenvalue weighted by Crippen LogP contribution is 2.40. The molecular weight excluding hydrogens is 492 g/mol. The van der Waals surface area contributed by atoms with Gasteiger partial charge in [0, 0.05) is 11.8 Å². The molecule has 4 aromatic carbocycles. The van der Waals surface area contributed by atoms with E-state index in [1.54, 1.807) is 0 Å². The summed E-state index contributed by atoms with van der Waals surface area (Å²) in [5.41, 5.74) is 22.8. The molecule has 0 atom stereocenters. The van der Waals surface area contributed by atoms with Gasteiger partial charge in [0.2, 0.25) is 0 Å². The fourth-order valence-electron chi connectivity index (χ4n) is 6.92. The van der Waals surface area contributed by atoms with Gasteiger partial charge in [-0.3, -0.25) is 0 Å². The van der Waals surface area contributed by atoms with Gasteiger partial charge < -0.3 is 0 Å². The van der Waals surface area contributed by atoms with Crippen LogP contribution in [-0.4, -0.2) is 0 Å². The van der Waals surface area contributed by atoms with Gasteiger partial charge in [-0.05, 0) is 185 Å². The Balaban J connectivity index is 1.77. The average molecular weight is 545 g/mol. The Morgan fingerprint density at radius 2 is 0.488 bits per heavy atom. The number of rotatable bonds is 8. The Labute approximate surface area is 251 Å². The van der Waals surface area contributed by atoms with E-state index in [4.69, 9.17) is 0 Å². The third kappa shape index (κ3) is 6.53. The molecule has 216 valence electrons. The molecule has 0 spiro atoms. The first-order chi connectivity index (χ1) is 19.3. The van der Waals surface area contributed by atoms with Gasteiger partial charge in [0.1, 0.15) is 0 Å². The summed E-state index contributed by atoms with van der Waals surface area (Å²) >= 11 is 0. The third-order valence-electron chi connectivity index (χ3n) is 10.0. The number of hydrogen-bond acceptors (Lipinski definition) is 0. The highest BCUT2D eigenvalue weighted by Gasteiger charge is 2.24. The highest BCUT2D eigenvalue weighted by molar-refractivity contribution is 5.49. The minimum atomic E-state index is 0.399. The van der Waals surface area contributed by atoms with Crippen LogP contribution in [0, 0.1) is 83.1 Å². The second kappa shape index (κ2) is 12.4. The molecule has 4 aromatic rings. The summed E-state index contributed by atoms with van der Waals surface area (Å²) in [6.45, 7) is 27.3. The maximum atomic E-state index is 2.47. The van der Waals surface area contributed by atoms with Crippen LogP contribution in [0.4, 0.5) is 0 Å². The first kappa shape index (κ1) is 30.8.